The molecule has 0 saturated carbocycles. The smallest absolute Gasteiger partial charge is 0.237 e. The Morgan fingerprint density at radius 1 is 1.38 bits per heavy atom. The topological polar surface area (TPSA) is 71.5 Å². The van der Waals surface area contributed by atoms with Crippen molar-refractivity contribution in [3.8, 4) is 11.5 Å². The molecule has 0 aliphatic heterocycles. The standard InChI is InChI=1S/C15H16N2O3S/c1-10(21-14-5-3-4-8-16-14)15(19)17-11-6-7-13(20-2)12(18)9-11/h3-10,18H,1-2H3,(H,17,19)/t10-/m1/s1. The zero-order valence-corrected chi connectivity index (χ0v) is 12.6. The van der Waals surface area contributed by atoms with Crippen LogP contribution in [0.4, 0.5) is 5.69 Å². The van der Waals surface area contributed by atoms with Crippen LogP contribution in [0.2, 0.25) is 0 Å². The number of nitrogens with one attached hydrogen (secondary N) is 1. The summed E-state index contributed by atoms with van der Waals surface area (Å²) in [6, 6.07) is 10.3. The van der Waals surface area contributed by atoms with Gasteiger partial charge in [0.15, 0.2) is 11.5 Å². The van der Waals surface area contributed by atoms with Gasteiger partial charge in [0.25, 0.3) is 0 Å². The van der Waals surface area contributed by atoms with E-state index in [-0.39, 0.29) is 16.9 Å². The second-order valence-corrected chi connectivity index (χ2v) is 5.67. The lowest BCUT2D eigenvalue weighted by Crippen LogP contribution is -2.22. The Balaban J connectivity index is 1.99. The molecule has 1 aromatic heterocycles. The summed E-state index contributed by atoms with van der Waals surface area (Å²) in [7, 11) is 1.47. The Labute approximate surface area is 127 Å². The van der Waals surface area contributed by atoms with Crippen LogP contribution in [0.5, 0.6) is 11.5 Å². The fraction of sp³-hybridized carbons (Fsp3) is 0.200. The number of phenols is 1. The van der Waals surface area contributed by atoms with Gasteiger partial charge in [-0.05, 0) is 31.2 Å². The van der Waals surface area contributed by atoms with Gasteiger partial charge in [-0.15, -0.1) is 0 Å². The molecular weight excluding hydrogens is 288 g/mol. The number of phenolic OH excluding ortho intramolecular Hbond substituents is 1. The highest BCUT2D eigenvalue weighted by Gasteiger charge is 2.15. The predicted molar refractivity (Wildman–Crippen MR) is 82.8 cm³/mol. The van der Waals surface area contributed by atoms with E-state index in [1.807, 2.05) is 18.2 Å². The number of thioether (sulfide) groups is 1. The number of methoxy groups -OCH3 is 1. The van der Waals surface area contributed by atoms with E-state index in [2.05, 4.69) is 10.3 Å². The minimum absolute atomic E-state index is 0.0136. The molecule has 1 atom stereocenters. The number of aromatic nitrogens is 1. The Morgan fingerprint density at radius 2 is 2.19 bits per heavy atom. The highest BCUT2D eigenvalue weighted by Crippen LogP contribution is 2.29. The maximum Gasteiger partial charge on any atom is 0.237 e. The number of hydrogen-bond acceptors (Lipinski definition) is 5. The van der Waals surface area contributed by atoms with Gasteiger partial charge in [-0.3, -0.25) is 4.79 Å². The third-order valence-electron chi connectivity index (χ3n) is 2.75. The molecule has 0 radical (unpaired) electrons. The molecule has 0 unspecified atom stereocenters. The lowest BCUT2D eigenvalue weighted by Gasteiger charge is -2.12. The molecule has 0 spiro atoms. The molecule has 110 valence electrons. The molecule has 2 rings (SSSR count). The van der Waals surface area contributed by atoms with Crippen molar-refractivity contribution in [2.24, 2.45) is 0 Å². The van der Waals surface area contributed by atoms with E-state index in [1.165, 1.54) is 24.9 Å². The Hall–Kier alpha value is -2.21. The van der Waals surface area contributed by atoms with Crippen molar-refractivity contribution >= 4 is 23.4 Å². The van der Waals surface area contributed by atoms with E-state index in [0.717, 1.165) is 5.03 Å². The number of benzene rings is 1. The minimum atomic E-state index is -0.302. The summed E-state index contributed by atoms with van der Waals surface area (Å²) in [5.41, 5.74) is 0.520. The largest absolute Gasteiger partial charge is 0.504 e. The van der Waals surface area contributed by atoms with E-state index in [9.17, 15) is 9.90 Å². The first kappa shape index (κ1) is 15.2. The van der Waals surface area contributed by atoms with Gasteiger partial charge in [0.2, 0.25) is 5.91 Å². The van der Waals surface area contributed by atoms with Gasteiger partial charge in [0, 0.05) is 18.0 Å². The fourth-order valence-corrected chi connectivity index (χ4v) is 2.47. The van der Waals surface area contributed by atoms with Crippen molar-refractivity contribution in [2.75, 3.05) is 12.4 Å². The number of carbonyl (C=O) groups is 1. The molecule has 5 nitrogen and oxygen atoms in total. The third kappa shape index (κ3) is 4.13. The molecule has 0 fully saturated rings. The lowest BCUT2D eigenvalue weighted by molar-refractivity contribution is -0.115. The molecule has 0 saturated heterocycles. The first-order chi connectivity index (χ1) is 10.1. The molecular formula is C15H16N2O3S. The number of rotatable bonds is 5. The van der Waals surface area contributed by atoms with E-state index < -0.39 is 0 Å². The molecule has 1 aromatic carbocycles. The maximum absolute atomic E-state index is 12.1. The van der Waals surface area contributed by atoms with Crippen molar-refractivity contribution in [3.05, 3.63) is 42.6 Å². The van der Waals surface area contributed by atoms with Crippen LogP contribution in [0.1, 0.15) is 6.92 Å². The number of ether oxygens (including phenoxy) is 1. The quantitative estimate of drug-likeness (QED) is 0.831. The molecule has 0 bridgehead atoms. The van der Waals surface area contributed by atoms with Crippen molar-refractivity contribution in [3.63, 3.8) is 0 Å². The summed E-state index contributed by atoms with van der Waals surface area (Å²) in [5, 5.41) is 12.9. The van der Waals surface area contributed by atoms with Crippen molar-refractivity contribution in [1.82, 2.24) is 4.98 Å². The summed E-state index contributed by atoms with van der Waals surface area (Å²) >= 11 is 1.37. The predicted octanol–water partition coefficient (Wildman–Crippen LogP) is 2.92. The highest BCUT2D eigenvalue weighted by atomic mass is 32.2. The average molecular weight is 304 g/mol. The van der Waals surface area contributed by atoms with E-state index in [1.54, 1.807) is 25.3 Å². The molecule has 0 aliphatic carbocycles. The molecule has 0 aliphatic rings. The number of anilines is 1. The number of carbonyl (C=O) groups excluding carboxylic acids is 1. The van der Waals surface area contributed by atoms with Crippen LogP contribution in [0.25, 0.3) is 0 Å². The molecule has 1 heterocycles. The van der Waals surface area contributed by atoms with Crippen LogP contribution in [0.3, 0.4) is 0 Å². The van der Waals surface area contributed by atoms with E-state index in [4.69, 9.17) is 4.74 Å². The van der Waals surface area contributed by atoms with Gasteiger partial charge in [-0.25, -0.2) is 4.98 Å². The summed E-state index contributed by atoms with van der Waals surface area (Å²) in [6.07, 6.45) is 1.69. The number of hydrogen-bond donors (Lipinski definition) is 2. The Morgan fingerprint density at radius 3 is 2.81 bits per heavy atom. The van der Waals surface area contributed by atoms with Crippen molar-refractivity contribution in [2.45, 2.75) is 17.2 Å². The van der Waals surface area contributed by atoms with E-state index in [0.29, 0.717) is 11.4 Å². The van der Waals surface area contributed by atoms with Crippen LogP contribution in [0.15, 0.2) is 47.6 Å². The second kappa shape index (κ2) is 6.99. The average Bonchev–Trinajstić information content (AvgIpc) is 2.48. The first-order valence-electron chi connectivity index (χ1n) is 6.35. The van der Waals surface area contributed by atoms with Gasteiger partial charge >= 0.3 is 0 Å². The SMILES string of the molecule is COc1ccc(NC(=O)[C@@H](C)Sc2ccccn2)cc1O. The zero-order chi connectivity index (χ0) is 15.2. The number of aromatic hydroxyl groups is 1. The van der Waals surface area contributed by atoms with Crippen molar-refractivity contribution < 1.29 is 14.6 Å². The van der Waals surface area contributed by atoms with Gasteiger partial charge in [0.05, 0.1) is 17.4 Å². The summed E-state index contributed by atoms with van der Waals surface area (Å²) < 4.78 is 4.96. The Kier molecular flexibility index (Phi) is 5.05. The van der Waals surface area contributed by atoms with Gasteiger partial charge < -0.3 is 15.2 Å². The number of amides is 1. The summed E-state index contributed by atoms with van der Waals surface area (Å²) in [4.78, 5) is 16.3. The zero-order valence-electron chi connectivity index (χ0n) is 11.7. The van der Waals surface area contributed by atoms with Gasteiger partial charge in [-0.2, -0.15) is 0 Å². The molecule has 21 heavy (non-hydrogen) atoms. The Bertz CT molecular complexity index is 620. The molecule has 2 aromatic rings. The number of pyridine rings is 1. The molecule has 1 amide bonds. The third-order valence-corrected chi connectivity index (χ3v) is 3.80. The highest BCUT2D eigenvalue weighted by molar-refractivity contribution is 8.00. The van der Waals surface area contributed by atoms with Crippen LogP contribution in [-0.2, 0) is 4.79 Å². The van der Waals surface area contributed by atoms with Crippen LogP contribution in [0, 0.1) is 0 Å². The second-order valence-electron chi connectivity index (χ2n) is 4.30. The lowest BCUT2D eigenvalue weighted by atomic mass is 10.2. The van der Waals surface area contributed by atoms with Gasteiger partial charge in [0.1, 0.15) is 0 Å². The van der Waals surface area contributed by atoms with Crippen LogP contribution in [-0.4, -0.2) is 28.4 Å². The first-order valence-corrected chi connectivity index (χ1v) is 7.23. The maximum atomic E-state index is 12.1. The van der Waals surface area contributed by atoms with Crippen LogP contribution < -0.4 is 10.1 Å². The summed E-state index contributed by atoms with van der Waals surface area (Å²) in [6.45, 7) is 1.80. The monoisotopic (exact) mass is 304 g/mol. The fourth-order valence-electron chi connectivity index (χ4n) is 1.66. The normalized spacial score (nSPS) is 11.7. The molecule has 2 N–H and O–H groups in total. The minimum Gasteiger partial charge on any atom is -0.504 e. The van der Waals surface area contributed by atoms with Gasteiger partial charge in [-0.1, -0.05) is 17.8 Å². The molecule has 6 heteroatoms. The van der Waals surface area contributed by atoms with Crippen molar-refractivity contribution in [1.29, 1.82) is 0 Å². The van der Waals surface area contributed by atoms with E-state index >= 15 is 0 Å². The van der Waals surface area contributed by atoms with Crippen LogP contribution >= 0.6 is 11.8 Å². The number of nitrogens with zero attached hydrogens (tertiary/aromatic N) is 1. The summed E-state index contributed by atoms with van der Waals surface area (Å²) in [5.74, 6) is 0.194.